The van der Waals surface area contributed by atoms with Gasteiger partial charge in [-0.2, -0.15) is 0 Å². The highest BCUT2D eigenvalue weighted by atomic mass is 16.5. The van der Waals surface area contributed by atoms with Crippen molar-refractivity contribution in [1.82, 2.24) is 5.32 Å². The lowest BCUT2D eigenvalue weighted by molar-refractivity contribution is -0.00188. The van der Waals surface area contributed by atoms with Crippen LogP contribution < -0.4 is 5.32 Å². The fourth-order valence-corrected chi connectivity index (χ4v) is 1.36. The molecule has 1 aliphatic heterocycles. The molecular formula is C9H17NO. The van der Waals surface area contributed by atoms with Crippen molar-refractivity contribution >= 4 is 0 Å². The van der Waals surface area contributed by atoms with Gasteiger partial charge in [0.25, 0.3) is 0 Å². The molecule has 2 nitrogen and oxygen atoms in total. The van der Waals surface area contributed by atoms with Crippen LogP contribution in [0.25, 0.3) is 0 Å². The zero-order chi connectivity index (χ0) is 8.27. The molecule has 0 aromatic heterocycles. The molecule has 0 spiro atoms. The van der Waals surface area contributed by atoms with E-state index in [0.717, 1.165) is 25.1 Å². The summed E-state index contributed by atoms with van der Waals surface area (Å²) in [4.78, 5) is 0. The highest BCUT2D eigenvalue weighted by Gasteiger charge is 2.16. The van der Waals surface area contributed by atoms with Crippen molar-refractivity contribution in [2.75, 3.05) is 6.54 Å². The summed E-state index contributed by atoms with van der Waals surface area (Å²) in [6.07, 6.45) is 2.81. The summed E-state index contributed by atoms with van der Waals surface area (Å²) in [6.45, 7) is 9.04. The van der Waals surface area contributed by atoms with Gasteiger partial charge in [0.05, 0.1) is 12.2 Å². The minimum absolute atomic E-state index is 0.339. The zero-order valence-corrected chi connectivity index (χ0v) is 7.39. The summed E-state index contributed by atoms with van der Waals surface area (Å²) in [5.74, 6) is 0. The van der Waals surface area contributed by atoms with Crippen molar-refractivity contribution in [3.63, 3.8) is 0 Å². The first-order valence-electron chi connectivity index (χ1n) is 4.25. The second kappa shape index (κ2) is 3.77. The topological polar surface area (TPSA) is 21.3 Å². The Labute approximate surface area is 68.6 Å². The van der Waals surface area contributed by atoms with Gasteiger partial charge in [0, 0.05) is 18.7 Å². The molecule has 1 heterocycles. The standard InChI is InChI=1S/C9H17NO/c1-7(2)11-9-4-5-10-8(3)6-9/h7,9-10H,3-6H2,1-2H3. The van der Waals surface area contributed by atoms with Gasteiger partial charge in [0.2, 0.25) is 0 Å². The molecule has 1 rings (SSSR count). The molecule has 1 N–H and O–H groups in total. The highest BCUT2D eigenvalue weighted by Crippen LogP contribution is 2.14. The molecule has 2 heteroatoms. The number of nitrogens with one attached hydrogen (secondary N) is 1. The fourth-order valence-electron chi connectivity index (χ4n) is 1.36. The Kier molecular flexibility index (Phi) is 2.94. The summed E-state index contributed by atoms with van der Waals surface area (Å²) in [5, 5.41) is 3.21. The second-order valence-electron chi connectivity index (χ2n) is 3.33. The van der Waals surface area contributed by atoms with Crippen LogP contribution in [-0.2, 0) is 4.74 Å². The van der Waals surface area contributed by atoms with Crippen LogP contribution in [0.15, 0.2) is 12.3 Å². The second-order valence-corrected chi connectivity index (χ2v) is 3.33. The number of rotatable bonds is 2. The maximum Gasteiger partial charge on any atom is 0.0649 e. The maximum atomic E-state index is 5.66. The van der Waals surface area contributed by atoms with Gasteiger partial charge in [0.15, 0.2) is 0 Å². The predicted octanol–water partition coefficient (Wildman–Crippen LogP) is 1.68. The molecular weight excluding hydrogens is 138 g/mol. The molecule has 0 bridgehead atoms. The number of piperidine rings is 1. The molecule has 0 amide bonds. The van der Waals surface area contributed by atoms with Crippen molar-refractivity contribution < 1.29 is 4.74 Å². The van der Waals surface area contributed by atoms with E-state index in [9.17, 15) is 0 Å². The predicted molar refractivity (Wildman–Crippen MR) is 46.4 cm³/mol. The maximum absolute atomic E-state index is 5.66. The van der Waals surface area contributed by atoms with E-state index in [0.29, 0.717) is 12.2 Å². The van der Waals surface area contributed by atoms with Crippen LogP contribution in [0.2, 0.25) is 0 Å². The van der Waals surface area contributed by atoms with E-state index in [1.165, 1.54) is 0 Å². The van der Waals surface area contributed by atoms with Gasteiger partial charge in [-0.1, -0.05) is 6.58 Å². The van der Waals surface area contributed by atoms with E-state index in [4.69, 9.17) is 4.74 Å². The lowest BCUT2D eigenvalue weighted by Crippen LogP contribution is -2.31. The number of hydrogen-bond acceptors (Lipinski definition) is 2. The first-order valence-corrected chi connectivity index (χ1v) is 4.25. The van der Waals surface area contributed by atoms with Crippen molar-refractivity contribution in [3.8, 4) is 0 Å². The van der Waals surface area contributed by atoms with E-state index in [1.54, 1.807) is 0 Å². The van der Waals surface area contributed by atoms with Crippen LogP contribution in [0.4, 0.5) is 0 Å². The van der Waals surface area contributed by atoms with Gasteiger partial charge >= 0.3 is 0 Å². The number of ether oxygens (including phenoxy) is 1. The molecule has 1 saturated heterocycles. The van der Waals surface area contributed by atoms with Crippen molar-refractivity contribution in [2.24, 2.45) is 0 Å². The highest BCUT2D eigenvalue weighted by molar-refractivity contribution is 4.97. The van der Waals surface area contributed by atoms with Crippen molar-refractivity contribution in [2.45, 2.75) is 38.9 Å². The van der Waals surface area contributed by atoms with Gasteiger partial charge in [-0.25, -0.2) is 0 Å². The smallest absolute Gasteiger partial charge is 0.0649 e. The summed E-state index contributed by atoms with van der Waals surface area (Å²) >= 11 is 0. The molecule has 64 valence electrons. The van der Waals surface area contributed by atoms with Crippen molar-refractivity contribution in [1.29, 1.82) is 0 Å². The van der Waals surface area contributed by atoms with E-state index in [2.05, 4.69) is 25.7 Å². The van der Waals surface area contributed by atoms with Crippen LogP contribution >= 0.6 is 0 Å². The summed E-state index contributed by atoms with van der Waals surface area (Å²) in [6, 6.07) is 0. The molecule has 0 aromatic carbocycles. The van der Waals surface area contributed by atoms with Gasteiger partial charge in [-0.15, -0.1) is 0 Å². The Bertz CT molecular complexity index is 142. The summed E-state index contributed by atoms with van der Waals surface area (Å²) in [5.41, 5.74) is 1.11. The SMILES string of the molecule is C=C1CC(OC(C)C)CCN1. The minimum Gasteiger partial charge on any atom is -0.389 e. The first-order chi connectivity index (χ1) is 5.18. The van der Waals surface area contributed by atoms with Crippen LogP contribution in [0.3, 0.4) is 0 Å². The minimum atomic E-state index is 0.339. The molecule has 11 heavy (non-hydrogen) atoms. The Morgan fingerprint density at radius 2 is 2.36 bits per heavy atom. The lowest BCUT2D eigenvalue weighted by Gasteiger charge is -2.26. The Morgan fingerprint density at radius 1 is 1.64 bits per heavy atom. The molecule has 0 aliphatic carbocycles. The van der Waals surface area contributed by atoms with Gasteiger partial charge in [0.1, 0.15) is 0 Å². The average molecular weight is 155 g/mol. The van der Waals surface area contributed by atoms with Crippen LogP contribution in [-0.4, -0.2) is 18.8 Å². The van der Waals surface area contributed by atoms with Gasteiger partial charge < -0.3 is 10.1 Å². The van der Waals surface area contributed by atoms with E-state index in [-0.39, 0.29) is 0 Å². The largest absolute Gasteiger partial charge is 0.389 e. The third-order valence-corrected chi connectivity index (χ3v) is 1.78. The lowest BCUT2D eigenvalue weighted by atomic mass is 10.1. The molecule has 1 fully saturated rings. The fraction of sp³-hybridized carbons (Fsp3) is 0.778. The van der Waals surface area contributed by atoms with Crippen LogP contribution in [0.5, 0.6) is 0 Å². The van der Waals surface area contributed by atoms with Crippen LogP contribution in [0, 0.1) is 0 Å². The van der Waals surface area contributed by atoms with Crippen molar-refractivity contribution in [3.05, 3.63) is 12.3 Å². The van der Waals surface area contributed by atoms with E-state index >= 15 is 0 Å². The third-order valence-electron chi connectivity index (χ3n) is 1.78. The zero-order valence-electron chi connectivity index (χ0n) is 7.39. The molecule has 0 radical (unpaired) electrons. The van der Waals surface area contributed by atoms with Gasteiger partial charge in [-0.05, 0) is 20.3 Å². The Morgan fingerprint density at radius 3 is 2.91 bits per heavy atom. The quantitative estimate of drug-likeness (QED) is 0.655. The monoisotopic (exact) mass is 155 g/mol. The third kappa shape index (κ3) is 2.93. The van der Waals surface area contributed by atoms with E-state index < -0.39 is 0 Å². The van der Waals surface area contributed by atoms with Crippen LogP contribution in [0.1, 0.15) is 26.7 Å². The average Bonchev–Trinajstić information content (AvgIpc) is 1.85. The van der Waals surface area contributed by atoms with Gasteiger partial charge in [-0.3, -0.25) is 0 Å². The summed E-state index contributed by atoms with van der Waals surface area (Å²) in [7, 11) is 0. The Balaban J connectivity index is 2.28. The number of hydrogen-bond donors (Lipinski definition) is 1. The molecule has 1 aliphatic rings. The van der Waals surface area contributed by atoms with E-state index in [1.807, 2.05) is 0 Å². The molecule has 0 saturated carbocycles. The Hall–Kier alpha value is -0.500. The molecule has 1 unspecified atom stereocenters. The molecule has 1 atom stereocenters. The summed E-state index contributed by atoms with van der Waals surface area (Å²) < 4.78 is 5.66. The first kappa shape index (κ1) is 8.60. The normalized spacial score (nSPS) is 25.4. The molecule has 0 aromatic rings.